The molecule has 2 fully saturated rings. The molecule has 9 heteroatoms. The van der Waals surface area contributed by atoms with Crippen molar-refractivity contribution in [3.8, 4) is 0 Å². The van der Waals surface area contributed by atoms with Crippen molar-refractivity contribution in [2.24, 2.45) is 23.7 Å². The first-order valence-electron chi connectivity index (χ1n) is 12.9. The molecule has 2 heterocycles. The number of hydrogen-bond acceptors (Lipinski definition) is 5. The monoisotopic (exact) mass is 528 g/mol. The number of rotatable bonds is 8. The van der Waals surface area contributed by atoms with Gasteiger partial charge in [-0.25, -0.2) is 9.59 Å². The second-order valence-electron chi connectivity index (χ2n) is 10.6. The van der Waals surface area contributed by atoms with Gasteiger partial charge in [-0.15, -0.1) is 0 Å². The van der Waals surface area contributed by atoms with Gasteiger partial charge in [0.1, 0.15) is 13.2 Å². The lowest BCUT2D eigenvalue weighted by Crippen LogP contribution is -2.30. The Morgan fingerprint density at radius 1 is 0.757 bits per heavy atom. The Morgan fingerprint density at radius 2 is 1.14 bits per heavy atom. The number of nitrogens with zero attached hydrogens (tertiary/aromatic N) is 2. The molecule has 4 atom stereocenters. The number of carbonyl (C=O) groups is 2. The standard InChI is InChI=1S/C28H37N2O6P/c1-21-13-29(27(31)35-17-23-9-5-3-6-10-23)15-25(21)19-37(33,34)20-26-16-30(14-22(26)2)28(32)36-18-24-11-7-4-8-12-24/h3-12,21-22,25-26H,13-20H2,1-2H3,(H,33,34). The van der Waals surface area contributed by atoms with Gasteiger partial charge in [0.2, 0.25) is 7.37 Å². The van der Waals surface area contributed by atoms with Crippen LogP contribution < -0.4 is 0 Å². The SMILES string of the molecule is CC1CN(C(=O)OCc2ccccc2)CC1CP(=O)(O)CC1CN(C(=O)OCc2ccccc2)CC1C. The van der Waals surface area contributed by atoms with Gasteiger partial charge in [-0.3, -0.25) is 4.57 Å². The van der Waals surface area contributed by atoms with E-state index in [-0.39, 0.29) is 61.4 Å². The van der Waals surface area contributed by atoms with Crippen LogP contribution in [0, 0.1) is 23.7 Å². The Balaban J connectivity index is 1.24. The summed E-state index contributed by atoms with van der Waals surface area (Å²) in [4.78, 5) is 39.3. The fraction of sp³-hybridized carbons (Fsp3) is 0.500. The van der Waals surface area contributed by atoms with E-state index in [1.165, 1.54) is 0 Å². The highest BCUT2D eigenvalue weighted by molar-refractivity contribution is 7.58. The molecule has 2 aromatic rings. The zero-order valence-electron chi connectivity index (χ0n) is 21.6. The summed E-state index contributed by atoms with van der Waals surface area (Å²) in [5.41, 5.74) is 1.84. The first-order chi connectivity index (χ1) is 17.7. The highest BCUT2D eigenvalue weighted by Crippen LogP contribution is 2.49. The number of hydrogen-bond donors (Lipinski definition) is 1. The van der Waals surface area contributed by atoms with Crippen LogP contribution in [0.1, 0.15) is 25.0 Å². The van der Waals surface area contributed by atoms with Gasteiger partial charge >= 0.3 is 12.2 Å². The summed E-state index contributed by atoms with van der Waals surface area (Å²) >= 11 is 0. The summed E-state index contributed by atoms with van der Waals surface area (Å²) in [5, 5.41) is 0. The fourth-order valence-corrected chi connectivity index (χ4v) is 7.84. The molecule has 0 aliphatic carbocycles. The minimum absolute atomic E-state index is 0.0660. The van der Waals surface area contributed by atoms with Crippen molar-refractivity contribution in [2.75, 3.05) is 38.5 Å². The third kappa shape index (κ3) is 7.59. The van der Waals surface area contributed by atoms with Crippen LogP contribution in [-0.4, -0.2) is 65.4 Å². The van der Waals surface area contributed by atoms with Crippen LogP contribution in [0.5, 0.6) is 0 Å². The maximum atomic E-state index is 13.3. The molecular formula is C28H37N2O6P. The largest absolute Gasteiger partial charge is 0.445 e. The number of ether oxygens (including phenoxy) is 2. The molecule has 2 amide bonds. The molecule has 0 aromatic heterocycles. The maximum absolute atomic E-state index is 13.3. The summed E-state index contributed by atoms with van der Waals surface area (Å²) in [6, 6.07) is 19.0. The number of benzene rings is 2. The third-order valence-corrected chi connectivity index (χ3v) is 9.58. The van der Waals surface area contributed by atoms with Crippen LogP contribution in [0.3, 0.4) is 0 Å². The van der Waals surface area contributed by atoms with E-state index in [2.05, 4.69) is 0 Å². The summed E-state index contributed by atoms with van der Waals surface area (Å²) in [6.45, 7) is 6.29. The Kier molecular flexibility index (Phi) is 8.93. The lowest BCUT2D eigenvalue weighted by molar-refractivity contribution is 0.102. The van der Waals surface area contributed by atoms with Gasteiger partial charge in [0.25, 0.3) is 0 Å². The van der Waals surface area contributed by atoms with Crippen LogP contribution in [0.15, 0.2) is 60.7 Å². The highest BCUT2D eigenvalue weighted by Gasteiger charge is 2.41. The van der Waals surface area contributed by atoms with Gasteiger partial charge in [0.15, 0.2) is 0 Å². The van der Waals surface area contributed by atoms with Crippen molar-refractivity contribution in [2.45, 2.75) is 27.1 Å². The van der Waals surface area contributed by atoms with Crippen molar-refractivity contribution in [1.29, 1.82) is 0 Å². The average molecular weight is 529 g/mol. The topological polar surface area (TPSA) is 96.4 Å². The fourth-order valence-electron chi connectivity index (χ4n) is 5.27. The van der Waals surface area contributed by atoms with Gasteiger partial charge in [-0.05, 0) is 34.8 Å². The molecule has 8 nitrogen and oxygen atoms in total. The van der Waals surface area contributed by atoms with Crippen molar-refractivity contribution in [3.05, 3.63) is 71.8 Å². The quantitative estimate of drug-likeness (QED) is 0.481. The third-order valence-electron chi connectivity index (χ3n) is 7.50. The molecule has 2 saturated heterocycles. The Labute approximate surface area is 219 Å². The minimum Gasteiger partial charge on any atom is -0.445 e. The second kappa shape index (κ2) is 12.1. The molecule has 4 rings (SSSR count). The molecule has 2 aliphatic heterocycles. The van der Waals surface area contributed by atoms with Crippen LogP contribution in [0.4, 0.5) is 9.59 Å². The van der Waals surface area contributed by atoms with Gasteiger partial charge in [0.05, 0.1) is 0 Å². The molecule has 0 saturated carbocycles. The lowest BCUT2D eigenvalue weighted by Gasteiger charge is -2.23. The molecule has 4 unspecified atom stereocenters. The van der Waals surface area contributed by atoms with Crippen LogP contribution in [0.25, 0.3) is 0 Å². The van der Waals surface area contributed by atoms with Crippen molar-refractivity contribution >= 4 is 19.6 Å². The van der Waals surface area contributed by atoms with E-state index in [9.17, 15) is 19.0 Å². The average Bonchev–Trinajstić information content (AvgIpc) is 3.43. The number of likely N-dealkylation sites (tertiary alicyclic amines) is 2. The summed E-state index contributed by atoms with van der Waals surface area (Å²) in [5.74, 6) is 0.0814. The van der Waals surface area contributed by atoms with Gasteiger partial charge in [-0.2, -0.15) is 0 Å². The van der Waals surface area contributed by atoms with E-state index < -0.39 is 7.37 Å². The van der Waals surface area contributed by atoms with E-state index >= 15 is 0 Å². The molecule has 0 radical (unpaired) electrons. The highest BCUT2D eigenvalue weighted by atomic mass is 31.2. The lowest BCUT2D eigenvalue weighted by atomic mass is 10.0. The predicted molar refractivity (Wildman–Crippen MR) is 141 cm³/mol. The first kappa shape index (κ1) is 27.2. The molecule has 37 heavy (non-hydrogen) atoms. The van der Waals surface area contributed by atoms with E-state index in [4.69, 9.17) is 9.47 Å². The molecule has 1 N–H and O–H groups in total. The molecule has 2 aliphatic rings. The van der Waals surface area contributed by atoms with Crippen molar-refractivity contribution in [1.82, 2.24) is 9.80 Å². The summed E-state index contributed by atoms with van der Waals surface area (Å²) < 4.78 is 24.2. The Bertz CT molecular complexity index is 1010. The second-order valence-corrected chi connectivity index (χ2v) is 13.0. The van der Waals surface area contributed by atoms with E-state index in [0.29, 0.717) is 26.2 Å². The predicted octanol–water partition coefficient (Wildman–Crippen LogP) is 5.07. The van der Waals surface area contributed by atoms with E-state index in [0.717, 1.165) is 11.1 Å². The molecule has 200 valence electrons. The maximum Gasteiger partial charge on any atom is 0.410 e. The minimum atomic E-state index is -3.46. The molecule has 0 bridgehead atoms. The summed E-state index contributed by atoms with van der Waals surface area (Å²) in [7, 11) is -3.46. The number of carbonyl (C=O) groups excluding carboxylic acids is 2. The smallest absolute Gasteiger partial charge is 0.410 e. The molecule has 0 spiro atoms. The zero-order chi connectivity index (χ0) is 26.4. The Hall–Kier alpha value is -2.83. The normalized spacial score (nSPS) is 25.1. The van der Waals surface area contributed by atoms with Gasteiger partial charge in [-0.1, -0.05) is 74.5 Å². The van der Waals surface area contributed by atoms with Crippen LogP contribution in [-0.2, 0) is 27.3 Å². The van der Waals surface area contributed by atoms with Crippen LogP contribution >= 0.6 is 7.37 Å². The molecule has 2 aromatic carbocycles. The first-order valence-corrected chi connectivity index (χ1v) is 15.0. The van der Waals surface area contributed by atoms with Gasteiger partial charge in [0, 0.05) is 38.5 Å². The Morgan fingerprint density at radius 3 is 1.51 bits per heavy atom. The number of amides is 2. The van der Waals surface area contributed by atoms with Crippen molar-refractivity contribution < 1.29 is 28.5 Å². The van der Waals surface area contributed by atoms with Gasteiger partial charge < -0.3 is 24.2 Å². The zero-order valence-corrected chi connectivity index (χ0v) is 22.5. The van der Waals surface area contributed by atoms with E-state index in [1.807, 2.05) is 74.5 Å². The van der Waals surface area contributed by atoms with Crippen LogP contribution in [0.2, 0.25) is 0 Å². The van der Waals surface area contributed by atoms with Crippen molar-refractivity contribution in [3.63, 3.8) is 0 Å². The molecular weight excluding hydrogens is 491 g/mol. The van der Waals surface area contributed by atoms with E-state index in [1.54, 1.807) is 9.80 Å². The summed E-state index contributed by atoms with van der Waals surface area (Å²) in [6.07, 6.45) is -0.448.